The van der Waals surface area contributed by atoms with E-state index in [1.54, 1.807) is 73.8 Å². The van der Waals surface area contributed by atoms with E-state index in [4.69, 9.17) is 18.9 Å². The van der Waals surface area contributed by atoms with Gasteiger partial charge in [-0.25, -0.2) is 0 Å². The van der Waals surface area contributed by atoms with Gasteiger partial charge in [0.2, 0.25) is 0 Å². The average Bonchev–Trinajstić information content (AvgIpc) is 3.52. The Hall–Kier alpha value is -4.37. The fourth-order valence-electron chi connectivity index (χ4n) is 4.27. The van der Waals surface area contributed by atoms with Crippen molar-refractivity contribution in [3.8, 4) is 23.0 Å². The van der Waals surface area contributed by atoms with Crippen LogP contribution in [0.4, 0.5) is 5.69 Å². The highest BCUT2D eigenvalue weighted by Gasteiger charge is 2.37. The molecule has 1 atom stereocenters. The Kier molecular flexibility index (Phi) is 7.04. The minimum atomic E-state index is -0.338. The van der Waals surface area contributed by atoms with Crippen molar-refractivity contribution >= 4 is 23.4 Å². The number of methoxy groups -OCH3 is 1. The Morgan fingerprint density at radius 2 is 1.70 bits per heavy atom. The number of anilines is 1. The SMILES string of the molecule is COc1cccc(OCC(=O)Nc2ccc(Oc3ccc4c(c3)C(=O)N(CC3CCCO3)C4=O)cc2)c1. The number of fused-ring (bicyclic) bond motifs is 1. The zero-order chi connectivity index (χ0) is 25.8. The molecule has 0 aromatic heterocycles. The number of nitrogens with zero attached hydrogens (tertiary/aromatic N) is 1. The van der Waals surface area contributed by atoms with Crippen molar-refractivity contribution in [3.05, 3.63) is 77.9 Å². The molecule has 3 amide bonds. The second kappa shape index (κ2) is 10.7. The molecule has 3 aromatic carbocycles. The summed E-state index contributed by atoms with van der Waals surface area (Å²) in [5.74, 6) is 1.16. The molecular weight excluding hydrogens is 476 g/mol. The van der Waals surface area contributed by atoms with Crippen LogP contribution in [-0.2, 0) is 9.53 Å². The third-order valence-corrected chi connectivity index (χ3v) is 6.14. The van der Waals surface area contributed by atoms with Gasteiger partial charge in [0.15, 0.2) is 6.61 Å². The van der Waals surface area contributed by atoms with Crippen molar-refractivity contribution in [2.75, 3.05) is 32.2 Å². The van der Waals surface area contributed by atoms with Crippen molar-refractivity contribution < 1.29 is 33.3 Å². The minimum Gasteiger partial charge on any atom is -0.497 e. The van der Waals surface area contributed by atoms with Gasteiger partial charge in [0, 0.05) is 18.4 Å². The number of amides is 3. The second-order valence-corrected chi connectivity index (χ2v) is 8.71. The van der Waals surface area contributed by atoms with E-state index in [0.717, 1.165) is 12.8 Å². The Morgan fingerprint density at radius 3 is 2.46 bits per heavy atom. The van der Waals surface area contributed by atoms with E-state index < -0.39 is 0 Å². The van der Waals surface area contributed by atoms with E-state index in [-0.39, 0.29) is 37.0 Å². The molecule has 190 valence electrons. The van der Waals surface area contributed by atoms with Gasteiger partial charge in [-0.2, -0.15) is 0 Å². The van der Waals surface area contributed by atoms with Gasteiger partial charge in [-0.15, -0.1) is 0 Å². The van der Waals surface area contributed by atoms with E-state index in [9.17, 15) is 14.4 Å². The minimum absolute atomic E-state index is 0.106. The molecule has 0 spiro atoms. The quantitative estimate of drug-likeness (QED) is 0.436. The smallest absolute Gasteiger partial charge is 0.262 e. The summed E-state index contributed by atoms with van der Waals surface area (Å²) >= 11 is 0. The van der Waals surface area contributed by atoms with Crippen LogP contribution in [-0.4, -0.2) is 55.6 Å². The maximum atomic E-state index is 12.9. The predicted octanol–water partition coefficient (Wildman–Crippen LogP) is 4.28. The summed E-state index contributed by atoms with van der Waals surface area (Å²) in [7, 11) is 1.56. The van der Waals surface area contributed by atoms with Gasteiger partial charge in [-0.05, 0) is 67.4 Å². The third kappa shape index (κ3) is 5.57. The molecule has 9 heteroatoms. The van der Waals surface area contributed by atoms with Crippen LogP contribution in [0.15, 0.2) is 66.7 Å². The first-order valence-electron chi connectivity index (χ1n) is 12.0. The summed E-state index contributed by atoms with van der Waals surface area (Å²) in [5, 5.41) is 2.76. The zero-order valence-corrected chi connectivity index (χ0v) is 20.3. The van der Waals surface area contributed by atoms with E-state index in [0.29, 0.717) is 46.4 Å². The summed E-state index contributed by atoms with van der Waals surface area (Å²) in [6.45, 7) is 0.767. The number of carbonyl (C=O) groups excluding carboxylic acids is 3. The maximum absolute atomic E-state index is 12.9. The van der Waals surface area contributed by atoms with Gasteiger partial charge in [0.05, 0.1) is 30.9 Å². The Morgan fingerprint density at radius 1 is 0.946 bits per heavy atom. The van der Waals surface area contributed by atoms with Crippen molar-refractivity contribution in [2.45, 2.75) is 18.9 Å². The lowest BCUT2D eigenvalue weighted by Gasteiger charge is -2.17. The van der Waals surface area contributed by atoms with Crippen LogP contribution in [0.25, 0.3) is 0 Å². The van der Waals surface area contributed by atoms with Crippen LogP contribution < -0.4 is 19.5 Å². The number of benzene rings is 3. The Labute approximate surface area is 213 Å². The topological polar surface area (TPSA) is 103 Å². The van der Waals surface area contributed by atoms with Gasteiger partial charge in [-0.3, -0.25) is 19.3 Å². The van der Waals surface area contributed by atoms with Crippen molar-refractivity contribution in [3.63, 3.8) is 0 Å². The molecule has 2 aliphatic rings. The third-order valence-electron chi connectivity index (χ3n) is 6.14. The lowest BCUT2D eigenvalue weighted by atomic mass is 10.1. The van der Waals surface area contributed by atoms with Crippen LogP contribution in [0.5, 0.6) is 23.0 Å². The first-order chi connectivity index (χ1) is 18.0. The average molecular weight is 503 g/mol. The molecule has 2 aliphatic heterocycles. The molecule has 3 aromatic rings. The molecule has 37 heavy (non-hydrogen) atoms. The molecule has 1 N–H and O–H groups in total. The van der Waals surface area contributed by atoms with Gasteiger partial charge in [-0.1, -0.05) is 6.07 Å². The first kappa shape index (κ1) is 24.3. The monoisotopic (exact) mass is 502 g/mol. The predicted molar refractivity (Wildman–Crippen MR) is 134 cm³/mol. The molecule has 5 rings (SSSR count). The van der Waals surface area contributed by atoms with Crippen LogP contribution >= 0.6 is 0 Å². The summed E-state index contributed by atoms with van der Waals surface area (Å²) in [6, 6.07) is 18.6. The summed E-state index contributed by atoms with van der Waals surface area (Å²) < 4.78 is 22.1. The highest BCUT2D eigenvalue weighted by molar-refractivity contribution is 6.21. The van der Waals surface area contributed by atoms with Crippen LogP contribution in [0, 0.1) is 0 Å². The van der Waals surface area contributed by atoms with E-state index in [1.165, 1.54) is 4.90 Å². The van der Waals surface area contributed by atoms with Crippen LogP contribution in [0.2, 0.25) is 0 Å². The number of imide groups is 1. The first-order valence-corrected chi connectivity index (χ1v) is 12.0. The number of hydrogen-bond donors (Lipinski definition) is 1. The van der Waals surface area contributed by atoms with E-state index >= 15 is 0 Å². The summed E-state index contributed by atoms with van der Waals surface area (Å²) in [6.07, 6.45) is 1.67. The highest BCUT2D eigenvalue weighted by Crippen LogP contribution is 2.31. The molecule has 0 saturated carbocycles. The van der Waals surface area contributed by atoms with Gasteiger partial charge in [0.25, 0.3) is 17.7 Å². The molecule has 0 bridgehead atoms. The van der Waals surface area contributed by atoms with E-state index in [1.807, 2.05) is 0 Å². The van der Waals surface area contributed by atoms with Gasteiger partial charge < -0.3 is 24.3 Å². The maximum Gasteiger partial charge on any atom is 0.262 e. The molecule has 2 heterocycles. The van der Waals surface area contributed by atoms with Crippen molar-refractivity contribution in [1.29, 1.82) is 0 Å². The number of nitrogens with one attached hydrogen (secondary N) is 1. The molecule has 1 fully saturated rings. The molecule has 0 aliphatic carbocycles. The molecule has 1 saturated heterocycles. The number of carbonyl (C=O) groups is 3. The number of ether oxygens (including phenoxy) is 4. The molecule has 1 unspecified atom stereocenters. The van der Waals surface area contributed by atoms with Gasteiger partial charge >= 0.3 is 0 Å². The largest absolute Gasteiger partial charge is 0.497 e. The van der Waals surface area contributed by atoms with Gasteiger partial charge in [0.1, 0.15) is 23.0 Å². The number of rotatable bonds is 9. The molecule has 0 radical (unpaired) electrons. The van der Waals surface area contributed by atoms with Crippen molar-refractivity contribution in [2.24, 2.45) is 0 Å². The summed E-state index contributed by atoms with van der Waals surface area (Å²) in [4.78, 5) is 39.1. The van der Waals surface area contributed by atoms with Crippen LogP contribution in [0.1, 0.15) is 33.6 Å². The standard InChI is InChI=1S/C28H26N2O7/c1-34-20-4-2-5-21(14-20)36-17-26(31)29-18-7-9-19(10-8-18)37-22-11-12-24-25(15-22)28(33)30(27(24)32)16-23-6-3-13-35-23/h2,4-5,7-12,14-15,23H,3,6,13,16-17H2,1H3,(H,29,31). The second-order valence-electron chi connectivity index (χ2n) is 8.71. The fraction of sp³-hybridized carbons (Fsp3) is 0.250. The Bertz CT molecular complexity index is 1320. The lowest BCUT2D eigenvalue weighted by molar-refractivity contribution is -0.118. The normalized spacial score (nSPS) is 16.5. The fourth-order valence-corrected chi connectivity index (χ4v) is 4.27. The van der Waals surface area contributed by atoms with Crippen LogP contribution in [0.3, 0.4) is 0 Å². The van der Waals surface area contributed by atoms with E-state index in [2.05, 4.69) is 5.32 Å². The summed E-state index contributed by atoms with van der Waals surface area (Å²) in [5.41, 5.74) is 1.26. The van der Waals surface area contributed by atoms with Crippen molar-refractivity contribution in [1.82, 2.24) is 4.90 Å². The molecule has 9 nitrogen and oxygen atoms in total. The zero-order valence-electron chi connectivity index (χ0n) is 20.3. The highest BCUT2D eigenvalue weighted by atomic mass is 16.5. The number of hydrogen-bond acceptors (Lipinski definition) is 7. The molecular formula is C28H26N2O7. The Balaban J connectivity index is 1.16. The lowest BCUT2D eigenvalue weighted by Crippen LogP contribution is -2.36.